The molecule has 2 aliphatic heterocycles. The number of thiophene rings is 1. The molecule has 3 aromatic heterocycles. The van der Waals surface area contributed by atoms with Crippen molar-refractivity contribution in [2.45, 2.75) is 45.5 Å². The van der Waals surface area contributed by atoms with Gasteiger partial charge in [0, 0.05) is 31.1 Å². The van der Waals surface area contributed by atoms with Gasteiger partial charge in [0.25, 0.3) is 0 Å². The molecular weight excluding hydrogens is 459 g/mol. The normalized spacial score (nSPS) is 18.8. The SMILES string of the molecule is CCCc1cc2c(N3CCn4c(nnc4C(F)(F)F)C3)nc(N3CC[C@H](C(=O)O)C3)nc2s1. The van der Waals surface area contributed by atoms with E-state index in [0.29, 0.717) is 37.8 Å². The summed E-state index contributed by atoms with van der Waals surface area (Å²) < 4.78 is 40.8. The van der Waals surface area contributed by atoms with Gasteiger partial charge in [0.15, 0.2) is 5.82 Å². The van der Waals surface area contributed by atoms with E-state index in [1.165, 1.54) is 0 Å². The number of nitrogens with zero attached hydrogens (tertiary/aromatic N) is 7. The van der Waals surface area contributed by atoms with E-state index in [2.05, 4.69) is 17.1 Å². The number of rotatable bonds is 5. The van der Waals surface area contributed by atoms with Crippen molar-refractivity contribution in [1.29, 1.82) is 0 Å². The third-order valence-electron chi connectivity index (χ3n) is 6.03. The summed E-state index contributed by atoms with van der Waals surface area (Å²) in [6.07, 6.45) is -2.17. The van der Waals surface area contributed by atoms with Crippen LogP contribution in [0.3, 0.4) is 0 Å². The van der Waals surface area contributed by atoms with Gasteiger partial charge in [0.2, 0.25) is 11.8 Å². The predicted molar refractivity (Wildman–Crippen MR) is 115 cm³/mol. The first kappa shape index (κ1) is 21.9. The summed E-state index contributed by atoms with van der Waals surface area (Å²) >= 11 is 1.57. The fourth-order valence-corrected chi connectivity index (χ4v) is 5.51. The molecule has 176 valence electrons. The molecule has 0 aromatic carbocycles. The average Bonchev–Trinajstić information content (AvgIpc) is 3.49. The minimum Gasteiger partial charge on any atom is -0.481 e. The summed E-state index contributed by atoms with van der Waals surface area (Å²) in [4.78, 5) is 26.6. The molecule has 1 atom stereocenters. The second kappa shape index (κ2) is 8.12. The van der Waals surface area contributed by atoms with Crippen LogP contribution in [0.25, 0.3) is 10.2 Å². The maximum absolute atomic E-state index is 13.2. The van der Waals surface area contributed by atoms with Crippen molar-refractivity contribution in [3.05, 3.63) is 22.6 Å². The number of hydrogen-bond donors (Lipinski definition) is 1. The van der Waals surface area contributed by atoms with Crippen molar-refractivity contribution in [1.82, 2.24) is 24.7 Å². The Morgan fingerprint density at radius 1 is 1.21 bits per heavy atom. The highest BCUT2D eigenvalue weighted by Gasteiger charge is 2.40. The fraction of sp³-hybridized carbons (Fsp3) is 0.550. The molecule has 5 heterocycles. The molecule has 1 fully saturated rings. The molecule has 0 spiro atoms. The van der Waals surface area contributed by atoms with Crippen LogP contribution in [-0.4, -0.2) is 55.4 Å². The first-order valence-corrected chi connectivity index (χ1v) is 11.6. The Kier molecular flexibility index (Phi) is 5.38. The third-order valence-corrected chi connectivity index (χ3v) is 7.12. The predicted octanol–water partition coefficient (Wildman–Crippen LogP) is 3.19. The van der Waals surface area contributed by atoms with Crippen LogP contribution in [-0.2, 0) is 30.5 Å². The summed E-state index contributed by atoms with van der Waals surface area (Å²) in [5.41, 5.74) is 0. The Balaban J connectivity index is 1.52. The molecule has 2 aliphatic rings. The van der Waals surface area contributed by atoms with Crippen molar-refractivity contribution in [2.75, 3.05) is 29.4 Å². The van der Waals surface area contributed by atoms with Gasteiger partial charge in [-0.15, -0.1) is 21.5 Å². The van der Waals surface area contributed by atoms with Crippen LogP contribution in [0.1, 0.15) is 36.3 Å². The van der Waals surface area contributed by atoms with Crippen molar-refractivity contribution in [2.24, 2.45) is 5.92 Å². The van der Waals surface area contributed by atoms with Gasteiger partial charge in [0.1, 0.15) is 10.6 Å². The van der Waals surface area contributed by atoms with E-state index >= 15 is 0 Å². The molecule has 9 nitrogen and oxygen atoms in total. The van der Waals surface area contributed by atoms with Crippen molar-refractivity contribution in [3.63, 3.8) is 0 Å². The van der Waals surface area contributed by atoms with Crippen LogP contribution < -0.4 is 9.80 Å². The van der Waals surface area contributed by atoms with Gasteiger partial charge < -0.3 is 19.5 Å². The highest BCUT2D eigenvalue weighted by molar-refractivity contribution is 7.18. The Labute approximate surface area is 190 Å². The van der Waals surface area contributed by atoms with E-state index in [1.807, 2.05) is 15.9 Å². The highest BCUT2D eigenvalue weighted by Crippen LogP contribution is 2.36. The van der Waals surface area contributed by atoms with Crippen molar-refractivity contribution >= 4 is 39.3 Å². The van der Waals surface area contributed by atoms with E-state index in [9.17, 15) is 23.1 Å². The van der Waals surface area contributed by atoms with Gasteiger partial charge in [-0.1, -0.05) is 13.3 Å². The van der Waals surface area contributed by atoms with Gasteiger partial charge in [-0.3, -0.25) is 4.79 Å². The number of fused-ring (bicyclic) bond motifs is 2. The number of aryl methyl sites for hydroxylation is 1. The average molecular weight is 482 g/mol. The van der Waals surface area contributed by atoms with Crippen molar-refractivity contribution in [3.8, 4) is 0 Å². The van der Waals surface area contributed by atoms with Crippen molar-refractivity contribution < 1.29 is 23.1 Å². The Hall–Kier alpha value is -2.96. The Morgan fingerprint density at radius 2 is 2.03 bits per heavy atom. The quantitative estimate of drug-likeness (QED) is 0.593. The van der Waals surface area contributed by atoms with Gasteiger partial charge in [-0.2, -0.15) is 18.2 Å². The molecule has 1 saturated heterocycles. The lowest BCUT2D eigenvalue weighted by molar-refractivity contribution is -0.147. The number of carboxylic acids is 1. The number of carboxylic acid groups (broad SMARTS) is 1. The lowest BCUT2D eigenvalue weighted by Crippen LogP contribution is -2.36. The molecule has 13 heteroatoms. The molecule has 0 amide bonds. The first-order chi connectivity index (χ1) is 15.7. The van der Waals surface area contributed by atoms with Gasteiger partial charge in [0.05, 0.1) is 17.8 Å². The standard InChI is InChI=1S/C20H22F3N7O2S/c1-2-3-12-8-13-15(28-6-7-30-14(10-28)26-27-18(30)20(21,22)23)24-19(25-16(13)33-12)29-5-4-11(9-29)17(31)32/h8,11H,2-7,9-10H2,1H3,(H,31,32)/t11-/m0/s1. The maximum Gasteiger partial charge on any atom is 0.451 e. The number of carbonyl (C=O) groups is 1. The van der Waals surface area contributed by atoms with Gasteiger partial charge in [-0.05, 0) is 18.9 Å². The Morgan fingerprint density at radius 3 is 2.73 bits per heavy atom. The second-order valence-corrected chi connectivity index (χ2v) is 9.42. The molecule has 3 aromatic rings. The molecule has 5 rings (SSSR count). The number of halogens is 3. The van der Waals surface area contributed by atoms with Crippen LogP contribution in [0, 0.1) is 5.92 Å². The number of hydrogen-bond acceptors (Lipinski definition) is 8. The second-order valence-electron chi connectivity index (χ2n) is 8.31. The molecule has 0 bridgehead atoms. The minimum absolute atomic E-state index is 0.0920. The summed E-state index contributed by atoms with van der Waals surface area (Å²) in [6, 6.07) is 2.05. The topological polar surface area (TPSA) is 100 Å². The van der Waals surface area contributed by atoms with Crippen LogP contribution in [0.4, 0.5) is 24.9 Å². The largest absolute Gasteiger partial charge is 0.481 e. The summed E-state index contributed by atoms with van der Waals surface area (Å²) in [5.74, 6) is -0.970. The van der Waals surface area contributed by atoms with Crippen LogP contribution in [0.2, 0.25) is 0 Å². The fourth-order valence-electron chi connectivity index (χ4n) is 4.39. The molecule has 1 N–H and O–H groups in total. The zero-order valence-electron chi connectivity index (χ0n) is 17.8. The van der Waals surface area contributed by atoms with E-state index in [1.54, 1.807) is 11.3 Å². The smallest absolute Gasteiger partial charge is 0.451 e. The van der Waals surface area contributed by atoms with Gasteiger partial charge >= 0.3 is 12.1 Å². The molecule has 33 heavy (non-hydrogen) atoms. The molecule has 0 unspecified atom stereocenters. The van der Waals surface area contributed by atoms with E-state index in [4.69, 9.17) is 9.97 Å². The highest BCUT2D eigenvalue weighted by atomic mass is 32.1. The molecule has 0 radical (unpaired) electrons. The number of alkyl halides is 3. The summed E-state index contributed by atoms with van der Waals surface area (Å²) in [6.45, 7) is 3.51. The summed E-state index contributed by atoms with van der Waals surface area (Å²) in [5, 5.41) is 17.3. The molecule has 0 saturated carbocycles. The monoisotopic (exact) mass is 481 g/mol. The maximum atomic E-state index is 13.2. The molecule has 0 aliphatic carbocycles. The zero-order chi connectivity index (χ0) is 23.3. The van der Waals surface area contributed by atoms with Crippen LogP contribution >= 0.6 is 11.3 Å². The summed E-state index contributed by atoms with van der Waals surface area (Å²) in [7, 11) is 0. The first-order valence-electron chi connectivity index (χ1n) is 10.8. The molecular formula is C20H22F3N7O2S. The minimum atomic E-state index is -4.55. The van der Waals surface area contributed by atoms with Gasteiger partial charge in [-0.25, -0.2) is 4.98 Å². The Bertz CT molecular complexity index is 1210. The van der Waals surface area contributed by atoms with E-state index < -0.39 is 23.9 Å². The van der Waals surface area contributed by atoms with E-state index in [0.717, 1.165) is 32.5 Å². The number of aromatic nitrogens is 5. The van der Waals surface area contributed by atoms with Crippen LogP contribution in [0.15, 0.2) is 6.07 Å². The van der Waals surface area contributed by atoms with E-state index in [-0.39, 0.29) is 18.9 Å². The lowest BCUT2D eigenvalue weighted by Gasteiger charge is -2.30. The lowest BCUT2D eigenvalue weighted by atomic mass is 10.1. The zero-order valence-corrected chi connectivity index (χ0v) is 18.7. The third kappa shape index (κ3) is 3.98. The number of aliphatic carboxylic acids is 1. The number of anilines is 2. The van der Waals surface area contributed by atoms with Crippen LogP contribution in [0.5, 0.6) is 0 Å².